The van der Waals surface area contributed by atoms with E-state index in [1.54, 1.807) is 0 Å². The molecule has 0 amide bonds. The molecular formula is C25H47F6N3SiZr. The van der Waals surface area contributed by atoms with Gasteiger partial charge in [-0.05, 0) is 0 Å². The molecular weight excluding hydrogens is 576 g/mol. The molecule has 0 aliphatic heterocycles. The minimum atomic E-state index is -5.16. The molecule has 0 aliphatic rings. The topological polar surface area (TPSA) is 42.3 Å². The number of rotatable bonds is 7. The molecule has 0 aliphatic carbocycles. The van der Waals surface area contributed by atoms with E-state index in [0.29, 0.717) is 36.3 Å². The normalized spacial score (nSPS) is 11.8. The molecule has 1 rings (SSSR count). The molecule has 0 unspecified atom stereocenters. The molecule has 0 fully saturated rings. The fourth-order valence-corrected chi connectivity index (χ4v) is 4.67. The van der Waals surface area contributed by atoms with Crippen molar-refractivity contribution in [3.63, 3.8) is 0 Å². The van der Waals surface area contributed by atoms with Crippen molar-refractivity contribution in [2.45, 2.75) is 131 Å². The second kappa shape index (κ2) is 21.8. The molecule has 0 heterocycles. The smallest absolute Gasteiger partial charge is 0.658 e. The molecule has 0 saturated carbocycles. The maximum absolute atomic E-state index is 12.1. The molecule has 3 nitrogen and oxygen atoms in total. The maximum Gasteiger partial charge on any atom is 4.00 e. The quantitative estimate of drug-likeness (QED) is 0.166. The molecule has 0 bridgehead atoms. The van der Waals surface area contributed by atoms with E-state index >= 15 is 0 Å². The molecule has 36 heavy (non-hydrogen) atoms. The Morgan fingerprint density at radius 1 is 0.500 bits per heavy atom. The zero-order chi connectivity index (χ0) is 28.6. The molecule has 0 atom stereocenters. The summed E-state index contributed by atoms with van der Waals surface area (Å²) in [6, 6.07) is 7.09. The molecule has 11 heteroatoms. The third-order valence-electron chi connectivity index (χ3n) is 3.47. The standard InChI is InChI=1S/C7H5F6Si.3C6H14N.Zr/c8-6(9,10)14(7(11,12)13)5-3-1-2-4-5;3*1-5(2)7-6(3)4;/h1-4,14H;3*5-6H,1-4H3;/q4*-1;+4. The van der Waals surface area contributed by atoms with Crippen LogP contribution in [0.25, 0.3) is 16.0 Å². The van der Waals surface area contributed by atoms with Crippen molar-refractivity contribution in [1.82, 2.24) is 0 Å². The van der Waals surface area contributed by atoms with Crippen LogP contribution in [0, 0.1) is 0 Å². The van der Waals surface area contributed by atoms with Crippen molar-refractivity contribution in [2.24, 2.45) is 0 Å². The SMILES string of the molecule is CC(C)[N-]C(C)C.CC(C)[N-]C(C)C.CC(C)[N-]C(C)C.FC(F)(F)[SiH]([c-]1cccc1)C(F)(F)F.[Zr+4]. The van der Waals surface area contributed by atoms with Crippen LogP contribution < -0.4 is 5.19 Å². The Kier molecular flexibility index (Phi) is 26.0. The molecule has 212 valence electrons. The van der Waals surface area contributed by atoms with Crippen molar-refractivity contribution in [3.8, 4) is 0 Å². The number of hydrogen-bond donors (Lipinski definition) is 0. The van der Waals surface area contributed by atoms with Crippen molar-refractivity contribution >= 4 is 14.0 Å². The Bertz CT molecular complexity index is 522. The van der Waals surface area contributed by atoms with Gasteiger partial charge in [0.1, 0.15) is 0 Å². The van der Waals surface area contributed by atoms with Crippen molar-refractivity contribution in [1.29, 1.82) is 0 Å². The summed E-state index contributed by atoms with van der Waals surface area (Å²) in [6.07, 6.45) is 0. The minimum absolute atomic E-state index is 0. The number of halogens is 6. The second-order valence-electron chi connectivity index (χ2n) is 9.74. The zero-order valence-electron chi connectivity index (χ0n) is 24.0. The Hall–Kier alpha value is -0.0900. The molecule has 1 aromatic carbocycles. The van der Waals surface area contributed by atoms with Gasteiger partial charge in [0.25, 0.3) is 8.80 Å². The van der Waals surface area contributed by atoms with E-state index in [2.05, 4.69) is 99.0 Å². The van der Waals surface area contributed by atoms with E-state index in [4.69, 9.17) is 0 Å². The second-order valence-corrected chi connectivity index (χ2v) is 12.6. The molecule has 0 spiro atoms. The van der Waals surface area contributed by atoms with Crippen molar-refractivity contribution < 1.29 is 52.5 Å². The first-order chi connectivity index (χ1) is 15.6. The van der Waals surface area contributed by atoms with Crippen LogP contribution in [0.15, 0.2) is 24.3 Å². The van der Waals surface area contributed by atoms with Crippen LogP contribution in [-0.4, -0.2) is 56.6 Å². The van der Waals surface area contributed by atoms with Crippen molar-refractivity contribution in [3.05, 3.63) is 40.2 Å². The van der Waals surface area contributed by atoms with Crippen molar-refractivity contribution in [2.75, 3.05) is 0 Å². The van der Waals surface area contributed by atoms with E-state index in [1.807, 2.05) is 0 Å². The van der Waals surface area contributed by atoms with E-state index in [9.17, 15) is 26.3 Å². The molecule has 0 radical (unpaired) electrons. The van der Waals surface area contributed by atoms with Gasteiger partial charge in [0.2, 0.25) is 0 Å². The number of nitrogens with zero attached hydrogens (tertiary/aromatic N) is 3. The summed E-state index contributed by atoms with van der Waals surface area (Å²) >= 11 is 0. The fraction of sp³-hybridized carbons (Fsp3) is 0.800. The Labute approximate surface area is 237 Å². The minimum Gasteiger partial charge on any atom is -0.658 e. The molecule has 0 aromatic heterocycles. The summed E-state index contributed by atoms with van der Waals surface area (Å²) in [4.78, 5) is 0. The van der Waals surface area contributed by atoms with Gasteiger partial charge >= 0.3 is 37.8 Å². The maximum atomic E-state index is 12.1. The number of alkyl halides is 6. The first-order valence-electron chi connectivity index (χ1n) is 12.1. The Balaban J connectivity index is -0.000000201. The molecule has 0 N–H and O–H groups in total. The summed E-state index contributed by atoms with van der Waals surface area (Å²) in [6.45, 7) is 25.2. The van der Waals surface area contributed by atoms with Crippen LogP contribution in [0.2, 0.25) is 0 Å². The summed E-state index contributed by atoms with van der Waals surface area (Å²) < 4.78 is 72.7. The van der Waals surface area contributed by atoms with E-state index in [0.717, 1.165) is 12.1 Å². The summed E-state index contributed by atoms with van der Waals surface area (Å²) in [5.41, 5.74) is 0. The van der Waals surface area contributed by atoms with Crippen LogP contribution >= 0.6 is 0 Å². The average Bonchev–Trinajstić information content (AvgIpc) is 3.02. The van der Waals surface area contributed by atoms with Crippen LogP contribution in [0.3, 0.4) is 0 Å². The van der Waals surface area contributed by atoms with Gasteiger partial charge in [-0.2, -0.15) is 38.5 Å². The van der Waals surface area contributed by atoms with Crippen LogP contribution in [0.5, 0.6) is 0 Å². The van der Waals surface area contributed by atoms with Gasteiger partial charge in [0, 0.05) is 0 Å². The van der Waals surface area contributed by atoms with Gasteiger partial charge in [0.05, 0.1) is 0 Å². The van der Waals surface area contributed by atoms with Gasteiger partial charge in [-0.15, -0.1) is 41.4 Å². The van der Waals surface area contributed by atoms with E-state index in [-0.39, 0.29) is 26.2 Å². The van der Waals surface area contributed by atoms with Crippen LogP contribution in [0.1, 0.15) is 83.1 Å². The summed E-state index contributed by atoms with van der Waals surface area (Å²) in [5.74, 6) is -10.3. The fourth-order valence-electron chi connectivity index (χ4n) is 2.93. The zero-order valence-corrected chi connectivity index (χ0v) is 27.6. The van der Waals surface area contributed by atoms with Crippen LogP contribution in [-0.2, 0) is 26.2 Å². The predicted molar refractivity (Wildman–Crippen MR) is 142 cm³/mol. The first-order valence-corrected chi connectivity index (χ1v) is 13.8. The summed E-state index contributed by atoms with van der Waals surface area (Å²) in [7, 11) is -4.92. The van der Waals surface area contributed by atoms with Gasteiger partial charge in [-0.3, -0.25) is 0 Å². The largest absolute Gasteiger partial charge is 4.00 e. The Morgan fingerprint density at radius 3 is 0.806 bits per heavy atom. The predicted octanol–water partition coefficient (Wildman–Crippen LogP) is 8.57. The third-order valence-corrected chi connectivity index (χ3v) is 5.83. The molecule has 0 saturated heterocycles. The van der Waals surface area contributed by atoms with E-state index < -0.39 is 25.6 Å². The van der Waals surface area contributed by atoms with Gasteiger partial charge in [0.15, 0.2) is 0 Å². The third kappa shape index (κ3) is 30.1. The van der Waals surface area contributed by atoms with Gasteiger partial charge in [-0.1, -0.05) is 83.1 Å². The van der Waals surface area contributed by atoms with Crippen LogP contribution in [0.4, 0.5) is 26.3 Å². The van der Waals surface area contributed by atoms with E-state index in [1.165, 1.54) is 12.1 Å². The monoisotopic (exact) mass is 621 g/mol. The van der Waals surface area contributed by atoms with Gasteiger partial charge < -0.3 is 16.0 Å². The average molecular weight is 623 g/mol. The Morgan fingerprint density at radius 2 is 0.694 bits per heavy atom. The first kappa shape index (κ1) is 43.0. The number of hydrogen-bond acceptors (Lipinski definition) is 0. The summed E-state index contributed by atoms with van der Waals surface area (Å²) in [5, 5.41) is 12.2. The van der Waals surface area contributed by atoms with Gasteiger partial charge in [-0.25, -0.2) is 12.1 Å². The molecule has 1 aromatic rings.